The summed E-state index contributed by atoms with van der Waals surface area (Å²) in [4.78, 5) is 26.3. The lowest BCUT2D eigenvalue weighted by molar-refractivity contribution is 0.0691. The lowest BCUT2D eigenvalue weighted by atomic mass is 10.0. The average Bonchev–Trinajstić information content (AvgIpc) is 2.85. The van der Waals surface area contributed by atoms with Gasteiger partial charge in [0, 0.05) is 24.4 Å². The summed E-state index contributed by atoms with van der Waals surface area (Å²) in [5.41, 5.74) is 0.0572. The Labute approximate surface area is 129 Å². The van der Waals surface area contributed by atoms with Gasteiger partial charge in [-0.05, 0) is 25.7 Å². The molecule has 1 heterocycles. The third-order valence-electron chi connectivity index (χ3n) is 2.95. The van der Waals surface area contributed by atoms with Crippen molar-refractivity contribution >= 4 is 23.3 Å². The zero-order valence-corrected chi connectivity index (χ0v) is 13.5. The highest BCUT2D eigenvalue weighted by Crippen LogP contribution is 2.10. The number of carbonyl (C=O) groups excluding carboxylic acids is 1. The molecule has 118 valence electrons. The van der Waals surface area contributed by atoms with Crippen LogP contribution in [0.3, 0.4) is 0 Å². The number of urea groups is 1. The van der Waals surface area contributed by atoms with Crippen LogP contribution in [0.4, 0.5) is 4.79 Å². The van der Waals surface area contributed by atoms with E-state index in [-0.39, 0.29) is 17.8 Å². The summed E-state index contributed by atoms with van der Waals surface area (Å²) in [6, 6.07) is -0.0489. The summed E-state index contributed by atoms with van der Waals surface area (Å²) in [5, 5.41) is 16.6. The maximum absolute atomic E-state index is 11.7. The van der Waals surface area contributed by atoms with E-state index in [9.17, 15) is 9.59 Å². The van der Waals surface area contributed by atoms with Crippen molar-refractivity contribution in [1.82, 2.24) is 15.6 Å². The first-order valence-electron chi connectivity index (χ1n) is 7.10. The molecule has 0 aliphatic carbocycles. The van der Waals surface area contributed by atoms with Crippen LogP contribution in [0.2, 0.25) is 0 Å². The molecule has 2 amide bonds. The second-order valence-corrected chi connectivity index (χ2v) is 6.40. The first-order valence-corrected chi connectivity index (χ1v) is 7.98. The summed E-state index contributed by atoms with van der Waals surface area (Å²) in [5.74, 6) is -0.396. The lowest BCUT2D eigenvalue weighted by Crippen LogP contribution is -2.41. The third-order valence-corrected chi connectivity index (χ3v) is 3.86. The van der Waals surface area contributed by atoms with E-state index < -0.39 is 5.97 Å². The minimum Gasteiger partial charge on any atom is -0.476 e. The van der Waals surface area contributed by atoms with Gasteiger partial charge in [0.1, 0.15) is 0 Å². The van der Waals surface area contributed by atoms with Crippen LogP contribution in [-0.4, -0.2) is 34.7 Å². The minimum absolute atomic E-state index is 0.0572. The monoisotopic (exact) mass is 313 g/mol. The van der Waals surface area contributed by atoms with Crippen LogP contribution >= 0.6 is 11.3 Å². The van der Waals surface area contributed by atoms with Gasteiger partial charge >= 0.3 is 12.0 Å². The first kappa shape index (κ1) is 17.4. The van der Waals surface area contributed by atoms with E-state index in [4.69, 9.17) is 5.11 Å². The molecule has 6 nitrogen and oxygen atoms in total. The third kappa shape index (κ3) is 7.08. The largest absolute Gasteiger partial charge is 0.476 e. The van der Waals surface area contributed by atoms with Crippen LogP contribution in [0.25, 0.3) is 0 Å². The Morgan fingerprint density at radius 2 is 2.05 bits per heavy atom. The average molecular weight is 313 g/mol. The Morgan fingerprint density at radius 1 is 1.33 bits per heavy atom. The number of nitrogens with zero attached hydrogens (tertiary/aromatic N) is 1. The lowest BCUT2D eigenvalue weighted by Gasteiger charge is -2.15. The van der Waals surface area contributed by atoms with Crippen LogP contribution in [0.5, 0.6) is 0 Å². The quantitative estimate of drug-likeness (QED) is 0.687. The number of carboxylic acid groups (broad SMARTS) is 1. The van der Waals surface area contributed by atoms with Gasteiger partial charge in [0.05, 0.1) is 5.01 Å². The van der Waals surface area contributed by atoms with E-state index >= 15 is 0 Å². The molecule has 0 aliphatic heterocycles. The van der Waals surface area contributed by atoms with Crippen molar-refractivity contribution in [3.8, 4) is 0 Å². The highest BCUT2D eigenvalue weighted by Gasteiger charge is 2.10. The van der Waals surface area contributed by atoms with Crippen molar-refractivity contribution in [3.05, 3.63) is 16.1 Å². The van der Waals surface area contributed by atoms with Crippen molar-refractivity contribution in [2.75, 3.05) is 6.54 Å². The molecule has 1 rings (SSSR count). The molecule has 1 unspecified atom stereocenters. The second-order valence-electron chi connectivity index (χ2n) is 5.45. The van der Waals surface area contributed by atoms with E-state index in [2.05, 4.69) is 29.5 Å². The predicted molar refractivity (Wildman–Crippen MR) is 82.8 cm³/mol. The number of aromatic carboxylic acids is 1. The number of thiazole rings is 1. The Bertz CT molecular complexity index is 474. The number of hydrogen-bond donors (Lipinski definition) is 3. The van der Waals surface area contributed by atoms with E-state index in [1.165, 1.54) is 16.7 Å². The number of hydrogen-bond acceptors (Lipinski definition) is 4. The van der Waals surface area contributed by atoms with E-state index in [0.717, 1.165) is 12.8 Å². The normalized spacial score (nSPS) is 12.2. The van der Waals surface area contributed by atoms with Gasteiger partial charge in [0.2, 0.25) is 0 Å². The zero-order chi connectivity index (χ0) is 15.8. The Morgan fingerprint density at radius 3 is 2.62 bits per heavy atom. The molecule has 0 aromatic carbocycles. The molecule has 0 fully saturated rings. The number of carboxylic acids is 1. The van der Waals surface area contributed by atoms with Gasteiger partial charge in [-0.3, -0.25) is 0 Å². The van der Waals surface area contributed by atoms with Gasteiger partial charge in [0.25, 0.3) is 0 Å². The summed E-state index contributed by atoms with van der Waals surface area (Å²) >= 11 is 1.29. The van der Waals surface area contributed by atoms with Crippen molar-refractivity contribution in [2.24, 2.45) is 5.92 Å². The fourth-order valence-electron chi connectivity index (χ4n) is 1.74. The summed E-state index contributed by atoms with van der Waals surface area (Å²) in [6.07, 6.45) is 2.57. The molecule has 0 saturated heterocycles. The molecular weight excluding hydrogens is 290 g/mol. The Balaban J connectivity index is 2.22. The summed E-state index contributed by atoms with van der Waals surface area (Å²) in [7, 11) is 0. The molecule has 0 saturated carbocycles. The highest BCUT2D eigenvalue weighted by atomic mass is 32.1. The number of nitrogens with one attached hydrogen (secondary N) is 2. The van der Waals surface area contributed by atoms with Gasteiger partial charge in [-0.2, -0.15) is 0 Å². The molecule has 0 bridgehead atoms. The molecule has 1 atom stereocenters. The van der Waals surface area contributed by atoms with E-state index in [0.29, 0.717) is 23.9 Å². The molecule has 0 aliphatic rings. The van der Waals surface area contributed by atoms with Crippen LogP contribution in [0, 0.1) is 5.92 Å². The fraction of sp³-hybridized carbons (Fsp3) is 0.643. The maximum atomic E-state index is 11.7. The predicted octanol–water partition coefficient (Wildman–Crippen LogP) is 2.51. The standard InChI is InChI=1S/C14H23N3O3S/c1-9(2)4-5-10(3)16-14(20)15-7-6-12-17-11(8-21-12)13(18)19/h8-10H,4-7H2,1-3H3,(H,18,19)(H2,15,16,20). The van der Waals surface area contributed by atoms with Crippen LogP contribution in [0.1, 0.15) is 49.1 Å². The van der Waals surface area contributed by atoms with Gasteiger partial charge in [0.15, 0.2) is 5.69 Å². The van der Waals surface area contributed by atoms with Crippen LogP contribution in [-0.2, 0) is 6.42 Å². The molecule has 1 aromatic rings. The minimum atomic E-state index is -1.03. The van der Waals surface area contributed by atoms with Gasteiger partial charge in [-0.15, -0.1) is 11.3 Å². The van der Waals surface area contributed by atoms with Crippen LogP contribution in [0.15, 0.2) is 5.38 Å². The van der Waals surface area contributed by atoms with E-state index in [1.807, 2.05) is 6.92 Å². The first-order chi connectivity index (χ1) is 9.88. The molecule has 21 heavy (non-hydrogen) atoms. The number of aromatic nitrogens is 1. The topological polar surface area (TPSA) is 91.3 Å². The molecule has 0 spiro atoms. The van der Waals surface area contributed by atoms with Gasteiger partial charge in [-0.25, -0.2) is 14.6 Å². The zero-order valence-electron chi connectivity index (χ0n) is 12.7. The van der Waals surface area contributed by atoms with Gasteiger partial charge in [-0.1, -0.05) is 13.8 Å². The van der Waals surface area contributed by atoms with Crippen molar-refractivity contribution < 1.29 is 14.7 Å². The molecule has 7 heteroatoms. The second kappa shape index (κ2) is 8.61. The SMILES string of the molecule is CC(C)CCC(C)NC(=O)NCCc1nc(C(=O)O)cs1. The molecular formula is C14H23N3O3S. The highest BCUT2D eigenvalue weighted by molar-refractivity contribution is 7.09. The van der Waals surface area contributed by atoms with Crippen molar-refractivity contribution in [3.63, 3.8) is 0 Å². The van der Waals surface area contributed by atoms with Gasteiger partial charge < -0.3 is 15.7 Å². The smallest absolute Gasteiger partial charge is 0.355 e. The summed E-state index contributed by atoms with van der Waals surface area (Å²) in [6.45, 7) is 6.75. The Kier molecular flexibility index (Phi) is 7.14. The number of amides is 2. The number of carbonyl (C=O) groups is 2. The van der Waals surface area contributed by atoms with E-state index in [1.54, 1.807) is 0 Å². The summed E-state index contributed by atoms with van der Waals surface area (Å²) < 4.78 is 0. The maximum Gasteiger partial charge on any atom is 0.355 e. The van der Waals surface area contributed by atoms with Crippen molar-refractivity contribution in [1.29, 1.82) is 0 Å². The number of rotatable bonds is 8. The fourth-order valence-corrected chi connectivity index (χ4v) is 2.51. The Hall–Kier alpha value is -1.63. The van der Waals surface area contributed by atoms with Crippen LogP contribution < -0.4 is 10.6 Å². The van der Waals surface area contributed by atoms with Crippen molar-refractivity contribution in [2.45, 2.75) is 46.1 Å². The molecule has 0 radical (unpaired) electrons. The molecule has 1 aromatic heterocycles. The molecule has 3 N–H and O–H groups in total.